The van der Waals surface area contributed by atoms with Crippen molar-refractivity contribution in [3.05, 3.63) is 220 Å². The molecule has 8 atom stereocenters. The van der Waals surface area contributed by atoms with Gasteiger partial charge in [0.15, 0.2) is 0 Å². The topological polar surface area (TPSA) is 184 Å². The average Bonchev–Trinajstić information content (AvgIpc) is 0.844. The fourth-order valence-electron chi connectivity index (χ4n) is 11.0. The maximum absolute atomic E-state index is 11.7. The standard InChI is InChI=1S/C16H20O2Si.C14H18O2Si.C14H26O2Si.C12H14O2Si.C11H20O2Si.C10H18O2Si.C9H16O2Si/c1-2-9-16(17)18-19(14-10-5-3-6-11-14)15-12-7-4-8-13-15;1-5-9-13(15)16-17(14(2,3)4)12-10-7-6-8-11-12;1-5-9-12-13(10-6-2)17(8-4)16-14(15)11-7-3;1-3-8-12(13)14-15(4-2)11-9-6-5-7-10-11;1-5-7-9-14(10(3)4)13-11(12)8-6-2;1-4-7-9-13(6-3)12-10(11)8-5-2;1-5-7-9(10)11-12(6-2)8(3)4/h3,5-6,9-11,15,19H,1,4,7-8,12-13H2;6-11,17H,1H2,2-4H3;11,13,17H,3,5-6,8-10,12H2,1-2,4H3;5-10,15H,1,4H2,2H3;8,10,14H,2,5,7,9H2,1,3-4H3;8,13H,2,4,6-7,9H2,1,3H3;7-8,12H,1,6H2,2-4H3. The van der Waals surface area contributed by atoms with Gasteiger partial charge in [0.05, 0.1) is 42.5 Å². The molecule has 588 valence electrons. The Balaban J connectivity index is -0.00000119. The minimum absolute atomic E-state index is 0.0218. The van der Waals surface area contributed by atoms with Crippen LogP contribution in [0.1, 0.15) is 194 Å². The second kappa shape index (κ2) is 67.5. The van der Waals surface area contributed by atoms with Crippen molar-refractivity contribution in [2.24, 2.45) is 0 Å². The van der Waals surface area contributed by atoms with Gasteiger partial charge >= 0.3 is 41.8 Å². The fraction of sp³-hybridized carbons (Fsp3) is 0.465. The molecule has 21 heteroatoms. The first kappa shape index (κ1) is 103. The Labute approximate surface area is 657 Å². The monoisotopic (exact) mass is 1580 g/mol. The third-order valence-corrected chi connectivity index (χ3v) is 36.5. The van der Waals surface area contributed by atoms with Gasteiger partial charge in [-0.1, -0.05) is 312 Å². The van der Waals surface area contributed by atoms with Crippen molar-refractivity contribution in [1.29, 1.82) is 0 Å². The lowest BCUT2D eigenvalue weighted by Gasteiger charge is -2.28. The molecule has 0 bridgehead atoms. The van der Waals surface area contributed by atoms with E-state index >= 15 is 0 Å². The molecule has 0 saturated heterocycles. The van der Waals surface area contributed by atoms with Crippen LogP contribution >= 0.6 is 0 Å². The van der Waals surface area contributed by atoms with E-state index in [0.29, 0.717) is 22.2 Å². The van der Waals surface area contributed by atoms with Crippen LogP contribution in [0, 0.1) is 0 Å². The van der Waals surface area contributed by atoms with Crippen LogP contribution in [0.3, 0.4) is 0 Å². The van der Waals surface area contributed by atoms with Gasteiger partial charge in [-0.25, -0.2) is 33.6 Å². The van der Waals surface area contributed by atoms with Crippen molar-refractivity contribution in [1.82, 2.24) is 0 Å². The molecule has 0 aliphatic heterocycles. The molecule has 1 saturated carbocycles. The van der Waals surface area contributed by atoms with Gasteiger partial charge in [-0.15, -0.1) is 40.1 Å². The number of rotatable bonds is 36. The second-order valence-electron chi connectivity index (χ2n) is 27.1. The van der Waals surface area contributed by atoms with Crippen LogP contribution in [0.4, 0.5) is 0 Å². The Morgan fingerprint density at radius 1 is 0.402 bits per heavy atom. The number of unbranched alkanes of at least 4 members (excludes halogenated alkanes) is 3. The summed E-state index contributed by atoms with van der Waals surface area (Å²) in [6, 6.07) is 36.1. The summed E-state index contributed by atoms with van der Waals surface area (Å²) in [7, 11) is -10.5. The van der Waals surface area contributed by atoms with Crippen molar-refractivity contribution < 1.29 is 64.5 Å². The van der Waals surface area contributed by atoms with E-state index in [1.807, 2.05) is 85.8 Å². The third kappa shape index (κ3) is 53.5. The van der Waals surface area contributed by atoms with Crippen LogP contribution in [-0.4, -0.2) is 105 Å². The van der Waals surface area contributed by atoms with E-state index in [1.165, 1.54) is 118 Å². The van der Waals surface area contributed by atoms with E-state index in [4.69, 9.17) is 31.0 Å². The Bertz CT molecular complexity index is 3320. The molecule has 8 unspecified atom stereocenters. The van der Waals surface area contributed by atoms with Crippen LogP contribution in [-0.2, 0) is 64.5 Å². The minimum Gasteiger partial charge on any atom is -0.519 e. The normalized spacial score (nSPS) is 13.1. The number of hydrogen-bond donors (Lipinski definition) is 0. The summed E-state index contributed by atoms with van der Waals surface area (Å²) in [5, 5.41) is 3.48. The number of benzene rings is 3. The first-order valence-corrected chi connectivity index (χ1v) is 51.5. The molecule has 14 nitrogen and oxygen atoms in total. The smallest absolute Gasteiger partial charge is 0.325 e. The van der Waals surface area contributed by atoms with Gasteiger partial charge in [0.2, 0.25) is 36.2 Å². The Hall–Kier alpha value is -7.89. The van der Waals surface area contributed by atoms with Crippen LogP contribution in [0.2, 0.25) is 63.5 Å². The lowest BCUT2D eigenvalue weighted by Crippen LogP contribution is -2.42. The van der Waals surface area contributed by atoms with Gasteiger partial charge in [-0.3, -0.25) is 0 Å². The minimum atomic E-state index is -1.82. The molecule has 3 aromatic carbocycles. The lowest BCUT2D eigenvalue weighted by molar-refractivity contribution is -0.130. The number of carbonyl (C=O) groups is 7. The van der Waals surface area contributed by atoms with Gasteiger partial charge in [-0.2, -0.15) is 0 Å². The Morgan fingerprint density at radius 2 is 0.766 bits per heavy atom. The van der Waals surface area contributed by atoms with E-state index in [9.17, 15) is 33.6 Å². The first-order valence-electron chi connectivity index (χ1n) is 38.3. The molecule has 1 aliphatic rings. The quantitative estimate of drug-likeness (QED) is 0.0232. The highest BCUT2D eigenvalue weighted by Crippen LogP contribution is 2.32. The molecule has 107 heavy (non-hydrogen) atoms. The summed E-state index contributed by atoms with van der Waals surface area (Å²) >= 11 is 0. The van der Waals surface area contributed by atoms with Gasteiger partial charge in [0.1, 0.15) is 0 Å². The lowest BCUT2D eigenvalue weighted by atomic mass is 10.0. The van der Waals surface area contributed by atoms with E-state index in [-0.39, 0.29) is 46.8 Å². The van der Waals surface area contributed by atoms with Crippen molar-refractivity contribution >= 4 is 121 Å². The average molecular weight is 1590 g/mol. The number of carbonyl (C=O) groups excluding carboxylic acids is 7. The largest absolute Gasteiger partial charge is 0.519 e. The zero-order valence-corrected chi connectivity index (χ0v) is 75.9. The molecule has 1 aliphatic carbocycles. The van der Waals surface area contributed by atoms with Crippen LogP contribution in [0.25, 0.3) is 0 Å². The maximum Gasteiger partial charge on any atom is 0.325 e. The summed E-state index contributed by atoms with van der Waals surface area (Å²) < 4.78 is 38.2. The molecule has 0 spiro atoms. The predicted molar refractivity (Wildman–Crippen MR) is 463 cm³/mol. The zero-order valence-electron chi connectivity index (χ0n) is 67.9. The molecule has 0 radical (unpaired) electrons. The fourth-order valence-corrected chi connectivity index (χ4v) is 26.7. The van der Waals surface area contributed by atoms with Crippen molar-refractivity contribution in [3.63, 3.8) is 0 Å². The summed E-state index contributed by atoms with van der Waals surface area (Å²) in [5.41, 5.74) is 19.3. The summed E-state index contributed by atoms with van der Waals surface area (Å²) in [6.07, 6.45) is 25.7. The zero-order chi connectivity index (χ0) is 81.2. The highest BCUT2D eigenvalue weighted by atomic mass is 28.3. The number of hydrogen-bond acceptors (Lipinski definition) is 14. The molecular formula is C86H132O14Si7. The van der Waals surface area contributed by atoms with Crippen LogP contribution in [0.5, 0.6) is 0 Å². The summed E-state index contributed by atoms with van der Waals surface area (Å²) in [4.78, 5) is 79.1. The van der Waals surface area contributed by atoms with Crippen LogP contribution in [0.15, 0.2) is 220 Å². The Morgan fingerprint density at radius 3 is 1.14 bits per heavy atom. The molecule has 0 heterocycles. The van der Waals surface area contributed by atoms with E-state index in [1.54, 1.807) is 0 Å². The van der Waals surface area contributed by atoms with E-state index in [0.717, 1.165) is 65.9 Å². The van der Waals surface area contributed by atoms with Gasteiger partial charge in [0, 0.05) is 0 Å². The third-order valence-electron chi connectivity index (χ3n) is 16.6. The van der Waals surface area contributed by atoms with Gasteiger partial charge in [-0.05, 0) is 98.3 Å². The maximum atomic E-state index is 11.7. The molecule has 3 aromatic rings. The molecule has 1 fully saturated rings. The first-order chi connectivity index (χ1) is 51.2. The van der Waals surface area contributed by atoms with Crippen LogP contribution < -0.4 is 15.6 Å². The van der Waals surface area contributed by atoms with Gasteiger partial charge in [0.25, 0.3) is 27.1 Å². The van der Waals surface area contributed by atoms with Crippen molar-refractivity contribution in [3.8, 4) is 0 Å². The predicted octanol–water partition coefficient (Wildman–Crippen LogP) is 17.9. The Kier molecular flexibility index (Phi) is 65.1. The van der Waals surface area contributed by atoms with Gasteiger partial charge < -0.3 is 31.0 Å². The second-order valence-corrected chi connectivity index (χ2v) is 48.5. The van der Waals surface area contributed by atoms with E-state index in [2.05, 4.69) is 195 Å². The molecule has 0 N–H and O–H groups in total. The highest BCUT2D eigenvalue weighted by molar-refractivity contribution is 6.72. The summed E-state index contributed by atoms with van der Waals surface area (Å²) in [5.74, 6) is -2.08. The highest BCUT2D eigenvalue weighted by Gasteiger charge is 2.33. The molecule has 4 rings (SSSR count). The van der Waals surface area contributed by atoms with Crippen molar-refractivity contribution in [2.45, 2.75) is 257 Å². The molecular weight excluding hydrogens is 1450 g/mol. The molecule has 0 amide bonds. The van der Waals surface area contributed by atoms with E-state index < -0.39 is 63.3 Å². The molecule has 0 aromatic heterocycles. The summed E-state index contributed by atoms with van der Waals surface area (Å²) in [6.45, 7) is 55.3. The van der Waals surface area contributed by atoms with Crippen molar-refractivity contribution in [2.75, 3.05) is 0 Å². The SMILES string of the molecule is C=C=CC(=O)O[SiH](CC)C(C)C.C=C=CC(=O)O[SiH](CC)C(CCC)CCCC.C=C=CC(=O)O[SiH](CC)CCCC.C=C=CC(=O)O[SiH](CC)c1ccccc1.C=C=CC(=O)O[SiH](CCCC)C(C)C.C=C=CC(=O)O[SiH](c1ccccc1)C(C)(C)C.C=C=CC(=O)O[SiH](c1ccccc1)C1CCCCC1.